The maximum Gasteiger partial charge on any atom is 0.270 e. The normalized spacial score (nSPS) is 11.1. The first kappa shape index (κ1) is 19.3. The molecule has 0 aliphatic heterocycles. The molecule has 0 radical (unpaired) electrons. The molecule has 3 aromatic rings. The molecule has 3 rings (SSSR count). The van der Waals surface area contributed by atoms with Crippen molar-refractivity contribution in [1.82, 2.24) is 0 Å². The minimum absolute atomic E-state index is 0.0353. The summed E-state index contributed by atoms with van der Waals surface area (Å²) >= 11 is 6.14. The number of carbonyl (C=O) groups excluding carboxylic acids is 1. The third-order valence-electron chi connectivity index (χ3n) is 4.15. The highest BCUT2D eigenvalue weighted by atomic mass is 35.5. The van der Waals surface area contributed by atoms with Crippen LogP contribution in [0, 0.1) is 17.0 Å². The molecule has 0 aromatic heterocycles. The highest BCUT2D eigenvalue weighted by Crippen LogP contribution is 2.24. The molecular formula is C22H17ClN2O3. The van der Waals surface area contributed by atoms with Gasteiger partial charge >= 0.3 is 0 Å². The zero-order valence-electron chi connectivity index (χ0n) is 15.1. The third kappa shape index (κ3) is 4.64. The van der Waals surface area contributed by atoms with Crippen molar-refractivity contribution in [2.45, 2.75) is 6.92 Å². The summed E-state index contributed by atoms with van der Waals surface area (Å²) < 4.78 is 0. The second-order valence-corrected chi connectivity index (χ2v) is 6.60. The molecule has 6 heteroatoms. The molecule has 0 atom stereocenters. The van der Waals surface area contributed by atoms with E-state index in [1.165, 1.54) is 12.1 Å². The van der Waals surface area contributed by atoms with Crippen LogP contribution in [-0.4, -0.2) is 10.8 Å². The molecule has 0 bridgehead atoms. The summed E-state index contributed by atoms with van der Waals surface area (Å²) in [6.07, 6.45) is 1.63. The van der Waals surface area contributed by atoms with Crippen LogP contribution in [0.15, 0.2) is 72.8 Å². The van der Waals surface area contributed by atoms with Gasteiger partial charge < -0.3 is 5.32 Å². The fourth-order valence-electron chi connectivity index (χ4n) is 2.66. The van der Waals surface area contributed by atoms with Gasteiger partial charge in [0.25, 0.3) is 11.6 Å². The number of nitrogens with one attached hydrogen (secondary N) is 1. The summed E-state index contributed by atoms with van der Waals surface area (Å²) in [5, 5.41) is 14.4. The lowest BCUT2D eigenvalue weighted by Gasteiger charge is -2.11. The lowest BCUT2D eigenvalue weighted by Crippen LogP contribution is -2.13. The fraction of sp³-hybridized carbons (Fsp3) is 0.0455. The number of anilines is 1. The van der Waals surface area contributed by atoms with E-state index < -0.39 is 4.92 Å². The van der Waals surface area contributed by atoms with Crippen molar-refractivity contribution in [2.24, 2.45) is 0 Å². The Morgan fingerprint density at radius 1 is 1.04 bits per heavy atom. The average molecular weight is 393 g/mol. The van der Waals surface area contributed by atoms with Crippen molar-refractivity contribution in [3.63, 3.8) is 0 Å². The Balaban J connectivity index is 1.99. The molecule has 0 aliphatic carbocycles. The summed E-state index contributed by atoms with van der Waals surface area (Å²) in [5.74, 6) is -0.336. The molecule has 140 valence electrons. The number of hydrogen-bond acceptors (Lipinski definition) is 3. The first-order valence-corrected chi connectivity index (χ1v) is 8.91. The van der Waals surface area contributed by atoms with Crippen molar-refractivity contribution >= 4 is 40.5 Å². The molecule has 1 N–H and O–H groups in total. The van der Waals surface area contributed by atoms with Crippen molar-refractivity contribution < 1.29 is 9.72 Å². The molecule has 0 spiro atoms. The van der Waals surface area contributed by atoms with E-state index in [0.29, 0.717) is 27.4 Å². The minimum atomic E-state index is -0.464. The SMILES string of the molecule is Cc1ccc(NC(=O)/C(=C/c2cccc([N+](=O)[O-])c2)c2ccccc2)cc1Cl. The number of carbonyl (C=O) groups is 1. The van der Waals surface area contributed by atoms with Gasteiger partial charge in [0, 0.05) is 28.4 Å². The van der Waals surface area contributed by atoms with Crippen LogP contribution in [-0.2, 0) is 4.79 Å². The maximum atomic E-state index is 13.0. The van der Waals surface area contributed by atoms with E-state index in [9.17, 15) is 14.9 Å². The molecule has 0 unspecified atom stereocenters. The Bertz CT molecular complexity index is 1060. The highest BCUT2D eigenvalue weighted by molar-refractivity contribution is 6.32. The number of benzene rings is 3. The van der Waals surface area contributed by atoms with Crippen LogP contribution in [0.25, 0.3) is 11.6 Å². The topological polar surface area (TPSA) is 72.2 Å². The summed E-state index contributed by atoms with van der Waals surface area (Å²) in [6, 6.07) is 20.6. The summed E-state index contributed by atoms with van der Waals surface area (Å²) in [5.41, 5.74) is 3.09. The molecule has 3 aromatic carbocycles. The van der Waals surface area contributed by atoms with Gasteiger partial charge in [-0.05, 0) is 41.8 Å². The smallest absolute Gasteiger partial charge is 0.270 e. The van der Waals surface area contributed by atoms with Crippen molar-refractivity contribution in [3.05, 3.63) is 105 Å². The van der Waals surface area contributed by atoms with Crippen LogP contribution in [0.1, 0.15) is 16.7 Å². The average Bonchev–Trinajstić information content (AvgIpc) is 2.69. The number of rotatable bonds is 5. The number of nitro benzene ring substituents is 1. The van der Waals surface area contributed by atoms with Gasteiger partial charge in [0.2, 0.25) is 0 Å². The van der Waals surface area contributed by atoms with Crippen LogP contribution in [0.3, 0.4) is 0 Å². The van der Waals surface area contributed by atoms with Gasteiger partial charge in [-0.25, -0.2) is 0 Å². The van der Waals surface area contributed by atoms with E-state index in [1.54, 1.807) is 30.3 Å². The minimum Gasteiger partial charge on any atom is -0.322 e. The lowest BCUT2D eigenvalue weighted by molar-refractivity contribution is -0.384. The Morgan fingerprint density at radius 3 is 2.46 bits per heavy atom. The quantitative estimate of drug-likeness (QED) is 0.260. The van der Waals surface area contributed by atoms with Gasteiger partial charge in [-0.15, -0.1) is 0 Å². The van der Waals surface area contributed by atoms with Crippen LogP contribution < -0.4 is 5.32 Å². The zero-order valence-corrected chi connectivity index (χ0v) is 15.8. The number of nitro groups is 1. The molecule has 28 heavy (non-hydrogen) atoms. The van der Waals surface area contributed by atoms with E-state index in [0.717, 1.165) is 5.56 Å². The number of aryl methyl sites for hydroxylation is 1. The Morgan fingerprint density at radius 2 is 1.79 bits per heavy atom. The van der Waals surface area contributed by atoms with Gasteiger partial charge in [0.1, 0.15) is 0 Å². The molecule has 0 saturated carbocycles. The predicted octanol–water partition coefficient (Wildman–Crippen LogP) is 5.74. The van der Waals surface area contributed by atoms with Gasteiger partial charge in [-0.1, -0.05) is 60.1 Å². The van der Waals surface area contributed by atoms with E-state index in [-0.39, 0.29) is 11.6 Å². The maximum absolute atomic E-state index is 13.0. The second-order valence-electron chi connectivity index (χ2n) is 6.19. The van der Waals surface area contributed by atoms with E-state index in [4.69, 9.17) is 11.6 Å². The fourth-order valence-corrected chi connectivity index (χ4v) is 2.84. The number of non-ortho nitro benzene ring substituents is 1. The van der Waals surface area contributed by atoms with Gasteiger partial charge in [-0.3, -0.25) is 14.9 Å². The second kappa shape index (κ2) is 8.50. The van der Waals surface area contributed by atoms with Crippen LogP contribution >= 0.6 is 11.6 Å². The van der Waals surface area contributed by atoms with Crippen molar-refractivity contribution in [3.8, 4) is 0 Å². The van der Waals surface area contributed by atoms with Gasteiger partial charge in [0.05, 0.1) is 4.92 Å². The van der Waals surface area contributed by atoms with Crippen LogP contribution in [0.2, 0.25) is 5.02 Å². The number of halogens is 1. The summed E-state index contributed by atoms with van der Waals surface area (Å²) in [4.78, 5) is 23.5. The van der Waals surface area contributed by atoms with Gasteiger partial charge in [-0.2, -0.15) is 0 Å². The molecule has 0 heterocycles. The third-order valence-corrected chi connectivity index (χ3v) is 4.56. The lowest BCUT2D eigenvalue weighted by atomic mass is 10.0. The van der Waals surface area contributed by atoms with Crippen molar-refractivity contribution in [2.75, 3.05) is 5.32 Å². The zero-order chi connectivity index (χ0) is 20.1. The molecule has 5 nitrogen and oxygen atoms in total. The standard InChI is InChI=1S/C22H17ClN2O3/c1-15-10-11-18(14-21(15)23)24-22(26)20(17-7-3-2-4-8-17)13-16-6-5-9-19(12-16)25(27)28/h2-14H,1H3,(H,24,26)/b20-13+. The Hall–Kier alpha value is -3.44. The first-order valence-electron chi connectivity index (χ1n) is 8.53. The Labute approximate surface area is 167 Å². The van der Waals surface area contributed by atoms with Crippen LogP contribution in [0.4, 0.5) is 11.4 Å². The number of amides is 1. The largest absolute Gasteiger partial charge is 0.322 e. The molecule has 0 aliphatic rings. The van der Waals surface area contributed by atoms with E-state index in [2.05, 4.69) is 5.32 Å². The monoisotopic (exact) mass is 392 g/mol. The summed E-state index contributed by atoms with van der Waals surface area (Å²) in [7, 11) is 0. The summed E-state index contributed by atoms with van der Waals surface area (Å²) in [6.45, 7) is 1.88. The van der Waals surface area contributed by atoms with E-state index >= 15 is 0 Å². The van der Waals surface area contributed by atoms with Crippen LogP contribution in [0.5, 0.6) is 0 Å². The Kier molecular flexibility index (Phi) is 5.87. The molecule has 0 saturated heterocycles. The van der Waals surface area contributed by atoms with E-state index in [1.807, 2.05) is 43.3 Å². The van der Waals surface area contributed by atoms with Gasteiger partial charge in [0.15, 0.2) is 0 Å². The molecular weight excluding hydrogens is 376 g/mol. The number of hydrogen-bond donors (Lipinski definition) is 1. The predicted molar refractivity (Wildman–Crippen MR) is 112 cm³/mol. The number of nitrogens with zero attached hydrogens (tertiary/aromatic N) is 1. The highest BCUT2D eigenvalue weighted by Gasteiger charge is 2.14. The van der Waals surface area contributed by atoms with Crippen molar-refractivity contribution in [1.29, 1.82) is 0 Å². The molecule has 1 amide bonds. The first-order chi connectivity index (χ1) is 13.4. The molecule has 0 fully saturated rings.